The number of carbonyl (C=O) groups is 1. The number of aromatic nitrogens is 2. The second kappa shape index (κ2) is 3.61. The molecule has 0 aliphatic carbocycles. The summed E-state index contributed by atoms with van der Waals surface area (Å²) in [6.07, 6.45) is 4.71. The predicted molar refractivity (Wildman–Crippen MR) is 45.5 cm³/mol. The van der Waals surface area contributed by atoms with Gasteiger partial charge in [-0.2, -0.15) is 0 Å². The Labute approximate surface area is 70.4 Å². The second-order valence-corrected chi connectivity index (χ2v) is 2.12. The zero-order valence-corrected chi connectivity index (χ0v) is 6.74. The van der Waals surface area contributed by atoms with E-state index in [1.807, 2.05) is 0 Å². The number of amides is 1. The van der Waals surface area contributed by atoms with E-state index in [-0.39, 0.29) is 11.7 Å². The normalized spacial score (nSPS) is 9.08. The molecule has 0 radical (unpaired) electrons. The maximum atomic E-state index is 11.0. The smallest absolute Gasteiger partial charge is 0.288 e. The van der Waals surface area contributed by atoms with Crippen molar-refractivity contribution in [3.05, 3.63) is 30.4 Å². The third-order valence-corrected chi connectivity index (χ3v) is 1.34. The van der Waals surface area contributed by atoms with Crippen molar-refractivity contribution < 1.29 is 4.79 Å². The molecule has 1 amide bonds. The molecule has 0 fully saturated rings. The van der Waals surface area contributed by atoms with Gasteiger partial charge in [-0.1, -0.05) is 12.7 Å². The van der Waals surface area contributed by atoms with Crippen LogP contribution in [0, 0.1) is 0 Å². The van der Waals surface area contributed by atoms with Crippen molar-refractivity contribution in [2.24, 2.45) is 0 Å². The van der Waals surface area contributed by atoms with E-state index < -0.39 is 0 Å². The van der Waals surface area contributed by atoms with Gasteiger partial charge in [0.15, 0.2) is 0 Å². The van der Waals surface area contributed by atoms with E-state index in [0.717, 1.165) is 5.56 Å². The van der Waals surface area contributed by atoms with E-state index in [9.17, 15) is 4.79 Å². The van der Waals surface area contributed by atoms with Gasteiger partial charge in [-0.05, 0) is 0 Å². The first kappa shape index (κ1) is 8.39. The van der Waals surface area contributed by atoms with E-state index in [1.165, 1.54) is 7.05 Å². The van der Waals surface area contributed by atoms with Gasteiger partial charge in [0.1, 0.15) is 0 Å². The van der Waals surface area contributed by atoms with Crippen LogP contribution in [-0.2, 0) is 0 Å². The Morgan fingerprint density at radius 1 is 1.58 bits per heavy atom. The van der Waals surface area contributed by atoms with Gasteiger partial charge in [-0.3, -0.25) is 4.79 Å². The van der Waals surface area contributed by atoms with Crippen molar-refractivity contribution in [3.8, 4) is 0 Å². The first-order chi connectivity index (χ1) is 5.77. The zero-order chi connectivity index (χ0) is 8.97. The summed E-state index contributed by atoms with van der Waals surface area (Å²) in [7, 11) is 1.53. The van der Waals surface area contributed by atoms with Crippen LogP contribution in [0.25, 0.3) is 6.08 Å². The number of carbonyl (C=O) groups excluding carboxylic acids is 1. The molecule has 0 atom stereocenters. The van der Waals surface area contributed by atoms with Gasteiger partial charge in [0, 0.05) is 25.0 Å². The number of nitrogens with zero attached hydrogens (tertiary/aromatic N) is 2. The fourth-order valence-corrected chi connectivity index (χ4v) is 0.672. The molecule has 1 N–H and O–H groups in total. The first-order valence-electron chi connectivity index (χ1n) is 3.44. The average Bonchev–Trinajstić information content (AvgIpc) is 2.17. The number of hydrogen-bond donors (Lipinski definition) is 1. The van der Waals surface area contributed by atoms with Crippen LogP contribution >= 0.6 is 0 Å². The number of nitrogens with one attached hydrogen (secondary N) is 1. The molecule has 0 aliphatic rings. The molecule has 62 valence electrons. The molecule has 4 nitrogen and oxygen atoms in total. The lowest BCUT2D eigenvalue weighted by Gasteiger charge is -1.96. The van der Waals surface area contributed by atoms with Crippen molar-refractivity contribution >= 4 is 12.0 Å². The Morgan fingerprint density at radius 3 is 2.58 bits per heavy atom. The molecule has 12 heavy (non-hydrogen) atoms. The molecule has 0 saturated heterocycles. The fraction of sp³-hybridized carbons (Fsp3) is 0.125. The Morgan fingerprint density at radius 2 is 2.17 bits per heavy atom. The van der Waals surface area contributed by atoms with Crippen molar-refractivity contribution in [2.75, 3.05) is 7.05 Å². The Kier molecular flexibility index (Phi) is 2.53. The molecular formula is C8H9N3O. The molecule has 0 saturated carbocycles. The quantitative estimate of drug-likeness (QED) is 0.689. The fourth-order valence-electron chi connectivity index (χ4n) is 0.672. The zero-order valence-electron chi connectivity index (χ0n) is 6.74. The minimum absolute atomic E-state index is 0.170. The van der Waals surface area contributed by atoms with Crippen molar-refractivity contribution in [1.82, 2.24) is 15.3 Å². The Bertz CT molecular complexity index is 292. The topological polar surface area (TPSA) is 54.9 Å². The number of rotatable bonds is 2. The van der Waals surface area contributed by atoms with Crippen molar-refractivity contribution in [3.63, 3.8) is 0 Å². The first-order valence-corrected chi connectivity index (χ1v) is 3.44. The van der Waals surface area contributed by atoms with Crippen LogP contribution < -0.4 is 5.32 Å². The predicted octanol–water partition coefficient (Wildman–Crippen LogP) is 0.479. The standard InChI is InChI=1S/C8H9N3O/c1-3-6-4-10-7(11-5-6)8(12)9-2/h3-5H,1H2,2H3,(H,9,12). The highest BCUT2D eigenvalue weighted by Crippen LogP contribution is 1.96. The van der Waals surface area contributed by atoms with Gasteiger partial charge in [-0.15, -0.1) is 0 Å². The highest BCUT2D eigenvalue weighted by atomic mass is 16.2. The summed E-state index contributed by atoms with van der Waals surface area (Å²) in [6, 6.07) is 0. The summed E-state index contributed by atoms with van der Waals surface area (Å²) in [4.78, 5) is 18.6. The molecule has 0 aromatic carbocycles. The molecule has 0 bridgehead atoms. The van der Waals surface area contributed by atoms with E-state index in [1.54, 1.807) is 18.5 Å². The highest BCUT2D eigenvalue weighted by molar-refractivity contribution is 5.90. The van der Waals surface area contributed by atoms with E-state index in [2.05, 4.69) is 21.9 Å². The minimum Gasteiger partial charge on any atom is -0.352 e. The molecule has 1 aromatic rings. The van der Waals surface area contributed by atoms with Gasteiger partial charge >= 0.3 is 0 Å². The number of hydrogen-bond acceptors (Lipinski definition) is 3. The Hall–Kier alpha value is -1.71. The maximum Gasteiger partial charge on any atom is 0.288 e. The molecule has 0 aliphatic heterocycles. The third kappa shape index (κ3) is 1.66. The summed E-state index contributed by atoms with van der Waals surface area (Å²) < 4.78 is 0. The van der Waals surface area contributed by atoms with E-state index in [4.69, 9.17) is 0 Å². The van der Waals surface area contributed by atoms with Gasteiger partial charge in [0.25, 0.3) is 5.91 Å². The van der Waals surface area contributed by atoms with E-state index >= 15 is 0 Å². The summed E-state index contributed by atoms with van der Waals surface area (Å²) in [5, 5.41) is 2.43. The molecule has 1 heterocycles. The third-order valence-electron chi connectivity index (χ3n) is 1.34. The summed E-state index contributed by atoms with van der Waals surface area (Å²) in [5.74, 6) is -0.117. The molecule has 0 spiro atoms. The molecule has 1 aromatic heterocycles. The van der Waals surface area contributed by atoms with Gasteiger partial charge in [-0.25, -0.2) is 9.97 Å². The summed E-state index contributed by atoms with van der Waals surface area (Å²) >= 11 is 0. The van der Waals surface area contributed by atoms with Crippen LogP contribution in [0.1, 0.15) is 16.2 Å². The summed E-state index contributed by atoms with van der Waals surface area (Å²) in [5.41, 5.74) is 0.794. The van der Waals surface area contributed by atoms with Crippen LogP contribution in [0.5, 0.6) is 0 Å². The molecule has 1 rings (SSSR count). The van der Waals surface area contributed by atoms with Crippen LogP contribution in [-0.4, -0.2) is 22.9 Å². The van der Waals surface area contributed by atoms with Crippen molar-refractivity contribution in [1.29, 1.82) is 0 Å². The van der Waals surface area contributed by atoms with E-state index in [0.29, 0.717) is 0 Å². The molecule has 4 heteroatoms. The lowest BCUT2D eigenvalue weighted by Crippen LogP contribution is -2.20. The van der Waals surface area contributed by atoms with Crippen LogP contribution in [0.4, 0.5) is 0 Å². The van der Waals surface area contributed by atoms with Crippen LogP contribution in [0.15, 0.2) is 19.0 Å². The maximum absolute atomic E-state index is 11.0. The monoisotopic (exact) mass is 163 g/mol. The van der Waals surface area contributed by atoms with Crippen LogP contribution in [0.2, 0.25) is 0 Å². The van der Waals surface area contributed by atoms with Crippen LogP contribution in [0.3, 0.4) is 0 Å². The minimum atomic E-state index is -0.286. The van der Waals surface area contributed by atoms with Gasteiger partial charge in [0.05, 0.1) is 0 Å². The Balaban J connectivity index is 2.91. The molecular weight excluding hydrogens is 154 g/mol. The van der Waals surface area contributed by atoms with Gasteiger partial charge in [0.2, 0.25) is 5.82 Å². The summed E-state index contributed by atoms with van der Waals surface area (Å²) in [6.45, 7) is 3.55. The SMILES string of the molecule is C=Cc1cnc(C(=O)NC)nc1. The van der Waals surface area contributed by atoms with Gasteiger partial charge < -0.3 is 5.32 Å². The average molecular weight is 163 g/mol. The highest BCUT2D eigenvalue weighted by Gasteiger charge is 2.04. The largest absolute Gasteiger partial charge is 0.352 e. The lowest BCUT2D eigenvalue weighted by atomic mass is 10.3. The molecule has 0 unspecified atom stereocenters. The lowest BCUT2D eigenvalue weighted by molar-refractivity contribution is 0.0952. The second-order valence-electron chi connectivity index (χ2n) is 2.12. The van der Waals surface area contributed by atoms with Crippen molar-refractivity contribution in [2.45, 2.75) is 0 Å².